The van der Waals surface area contributed by atoms with E-state index in [1.165, 1.54) is 19.2 Å². The van der Waals surface area contributed by atoms with Gasteiger partial charge in [0.2, 0.25) is 0 Å². The van der Waals surface area contributed by atoms with Crippen molar-refractivity contribution in [3.63, 3.8) is 0 Å². The number of aromatic nitrogens is 2. The van der Waals surface area contributed by atoms with E-state index >= 15 is 0 Å². The van der Waals surface area contributed by atoms with E-state index in [0.29, 0.717) is 0 Å². The molecule has 0 amide bonds. The van der Waals surface area contributed by atoms with Gasteiger partial charge in [-0.3, -0.25) is 18.9 Å². The molecule has 2 atom stereocenters. The zero-order valence-electron chi connectivity index (χ0n) is 10.8. The number of aromatic amines is 1. The van der Waals surface area contributed by atoms with Crippen LogP contribution in [0.4, 0.5) is 0 Å². The number of aliphatic hydroxyl groups excluding tert-OH is 1. The Kier molecular flexibility index (Phi) is 4.17. The largest absolute Gasteiger partial charge is 0.510 e. The Morgan fingerprint density at radius 2 is 2.14 bits per heavy atom. The van der Waals surface area contributed by atoms with Crippen LogP contribution in [-0.2, 0) is 13.8 Å². The number of phosphoric ester groups is 1. The van der Waals surface area contributed by atoms with Gasteiger partial charge in [0.05, 0.1) is 6.61 Å². The number of rotatable bonds is 4. The second-order valence-electron chi connectivity index (χ2n) is 4.37. The Labute approximate surface area is 117 Å². The first kappa shape index (κ1) is 15.7. The minimum Gasteiger partial charge on any atom is -0.510 e. The smallest absolute Gasteiger partial charge is 0.469 e. The summed E-state index contributed by atoms with van der Waals surface area (Å²) < 4.78 is 21.1. The zero-order chi connectivity index (χ0) is 15.8. The summed E-state index contributed by atoms with van der Waals surface area (Å²) in [5.41, 5.74) is -1.01. The first-order valence-corrected chi connectivity index (χ1v) is 7.28. The number of aryl methyl sites for hydroxylation is 1. The van der Waals surface area contributed by atoms with Crippen molar-refractivity contribution in [3.05, 3.63) is 44.4 Å². The predicted octanol–water partition coefficient (Wildman–Crippen LogP) is -0.706. The maximum atomic E-state index is 11.7. The molecule has 0 fully saturated rings. The molecule has 0 saturated carbocycles. The Morgan fingerprint density at radius 3 is 2.76 bits per heavy atom. The van der Waals surface area contributed by atoms with E-state index in [4.69, 9.17) is 14.5 Å². The fourth-order valence-corrected chi connectivity index (χ4v) is 2.07. The molecule has 116 valence electrons. The lowest BCUT2D eigenvalue weighted by atomic mass is 10.3. The highest BCUT2D eigenvalue weighted by molar-refractivity contribution is 7.46. The first-order chi connectivity index (χ1) is 9.67. The maximum absolute atomic E-state index is 11.7. The monoisotopic (exact) mass is 320 g/mol. The number of ether oxygens (including phenoxy) is 1. The van der Waals surface area contributed by atoms with Gasteiger partial charge in [-0.05, 0) is 6.92 Å². The van der Waals surface area contributed by atoms with Gasteiger partial charge in [-0.25, -0.2) is 9.36 Å². The van der Waals surface area contributed by atoms with Crippen molar-refractivity contribution >= 4 is 7.82 Å². The maximum Gasteiger partial charge on any atom is 0.469 e. The van der Waals surface area contributed by atoms with Gasteiger partial charge in [-0.1, -0.05) is 0 Å². The van der Waals surface area contributed by atoms with Crippen LogP contribution in [0.2, 0.25) is 0 Å². The molecule has 0 aromatic carbocycles. The van der Waals surface area contributed by atoms with Crippen LogP contribution in [0, 0.1) is 6.92 Å². The molecule has 10 nitrogen and oxygen atoms in total. The molecule has 1 aliphatic rings. The van der Waals surface area contributed by atoms with Gasteiger partial charge in [-0.2, -0.15) is 0 Å². The third-order valence-electron chi connectivity index (χ3n) is 2.76. The van der Waals surface area contributed by atoms with Crippen molar-refractivity contribution in [1.29, 1.82) is 0 Å². The SMILES string of the molecule is Cc1cn([C@H]2C=C(O)[C@@H](COP(=O)(O)O)O2)c(=O)[nH]c1=O. The van der Waals surface area contributed by atoms with Gasteiger partial charge in [-0.15, -0.1) is 0 Å². The zero-order valence-corrected chi connectivity index (χ0v) is 11.7. The molecule has 1 aromatic rings. The highest BCUT2D eigenvalue weighted by Gasteiger charge is 2.31. The fourth-order valence-electron chi connectivity index (χ4n) is 1.74. The van der Waals surface area contributed by atoms with E-state index in [9.17, 15) is 19.3 Å². The second kappa shape index (κ2) is 5.58. The standard InChI is InChI=1S/C10H13N2O8P/c1-5-3-12(10(15)11-9(5)14)8-2-6(13)7(20-8)4-19-21(16,17)18/h2-3,7-8,13H,4H2,1H3,(H,11,14,15)(H2,16,17,18)/t7-,8-/m1/s1. The van der Waals surface area contributed by atoms with E-state index in [1.54, 1.807) is 0 Å². The molecule has 0 spiro atoms. The third-order valence-corrected chi connectivity index (χ3v) is 3.25. The highest BCUT2D eigenvalue weighted by atomic mass is 31.2. The van der Waals surface area contributed by atoms with E-state index in [2.05, 4.69) is 9.51 Å². The molecule has 1 aliphatic heterocycles. The number of H-pyrrole nitrogens is 1. The lowest BCUT2D eigenvalue weighted by Gasteiger charge is -2.16. The van der Waals surface area contributed by atoms with Crippen LogP contribution in [0.25, 0.3) is 0 Å². The average Bonchev–Trinajstić information content (AvgIpc) is 2.72. The second-order valence-corrected chi connectivity index (χ2v) is 5.61. The number of hydrogen-bond donors (Lipinski definition) is 4. The molecular formula is C10H13N2O8P. The molecule has 11 heteroatoms. The number of nitrogens with zero attached hydrogens (tertiary/aromatic N) is 1. The van der Waals surface area contributed by atoms with Crippen molar-refractivity contribution in [1.82, 2.24) is 9.55 Å². The van der Waals surface area contributed by atoms with E-state index in [0.717, 1.165) is 4.57 Å². The Bertz CT molecular complexity index is 729. The molecule has 2 heterocycles. The lowest BCUT2D eigenvalue weighted by molar-refractivity contribution is -0.0247. The van der Waals surface area contributed by atoms with Crippen LogP contribution < -0.4 is 11.2 Å². The predicted molar refractivity (Wildman–Crippen MR) is 68.7 cm³/mol. The van der Waals surface area contributed by atoms with Crippen LogP contribution in [0.3, 0.4) is 0 Å². The van der Waals surface area contributed by atoms with Gasteiger partial charge >= 0.3 is 13.5 Å². The van der Waals surface area contributed by atoms with Gasteiger partial charge in [0.1, 0.15) is 11.9 Å². The topological polar surface area (TPSA) is 151 Å². The van der Waals surface area contributed by atoms with E-state index < -0.39 is 38.0 Å². The lowest BCUT2D eigenvalue weighted by Crippen LogP contribution is -2.33. The van der Waals surface area contributed by atoms with Crippen molar-refractivity contribution in [2.45, 2.75) is 19.3 Å². The van der Waals surface area contributed by atoms with Crippen LogP contribution >= 0.6 is 7.82 Å². The van der Waals surface area contributed by atoms with E-state index in [1.807, 2.05) is 0 Å². The van der Waals surface area contributed by atoms with Crippen molar-refractivity contribution < 1.29 is 28.7 Å². The number of aliphatic hydroxyl groups is 1. The summed E-state index contributed by atoms with van der Waals surface area (Å²) in [5.74, 6) is -0.329. The number of hydrogen-bond acceptors (Lipinski definition) is 6. The van der Waals surface area contributed by atoms with Gasteiger partial charge in [0.25, 0.3) is 5.56 Å². The molecule has 0 aliphatic carbocycles. The quantitative estimate of drug-likeness (QED) is 0.531. The molecule has 4 N–H and O–H groups in total. The van der Waals surface area contributed by atoms with Crippen molar-refractivity contribution in [2.24, 2.45) is 0 Å². The summed E-state index contributed by atoms with van der Waals surface area (Å²) in [6.45, 7) is 0.905. The third kappa shape index (κ3) is 3.69. The average molecular weight is 320 g/mol. The molecule has 2 rings (SSSR count). The van der Waals surface area contributed by atoms with Crippen LogP contribution in [0.15, 0.2) is 27.6 Å². The highest BCUT2D eigenvalue weighted by Crippen LogP contribution is 2.37. The first-order valence-electron chi connectivity index (χ1n) is 5.75. The molecule has 21 heavy (non-hydrogen) atoms. The Hall–Kier alpha value is -1.71. The summed E-state index contributed by atoms with van der Waals surface area (Å²) in [7, 11) is -4.69. The molecule has 0 bridgehead atoms. The molecule has 0 radical (unpaired) electrons. The summed E-state index contributed by atoms with van der Waals surface area (Å²) in [4.78, 5) is 42.2. The van der Waals surface area contributed by atoms with Gasteiger partial charge < -0.3 is 19.6 Å². The summed E-state index contributed by atoms with van der Waals surface area (Å²) >= 11 is 0. The van der Waals surface area contributed by atoms with Crippen molar-refractivity contribution in [3.8, 4) is 0 Å². The van der Waals surface area contributed by atoms with E-state index in [-0.39, 0.29) is 11.3 Å². The van der Waals surface area contributed by atoms with Crippen LogP contribution in [-0.4, -0.2) is 37.2 Å². The summed E-state index contributed by atoms with van der Waals surface area (Å²) in [6, 6.07) is 0. The number of nitrogens with one attached hydrogen (secondary N) is 1. The van der Waals surface area contributed by atoms with Crippen LogP contribution in [0.5, 0.6) is 0 Å². The summed E-state index contributed by atoms with van der Waals surface area (Å²) in [6.07, 6.45) is 0.287. The summed E-state index contributed by atoms with van der Waals surface area (Å²) in [5, 5.41) is 9.65. The molecule has 0 saturated heterocycles. The van der Waals surface area contributed by atoms with Crippen LogP contribution in [0.1, 0.15) is 11.8 Å². The minimum absolute atomic E-state index is 0.265. The molecular weight excluding hydrogens is 307 g/mol. The van der Waals surface area contributed by atoms with Crippen molar-refractivity contribution in [2.75, 3.05) is 6.61 Å². The molecule has 0 unspecified atom stereocenters. The molecule has 1 aromatic heterocycles. The minimum atomic E-state index is -4.69. The Balaban J connectivity index is 2.18. The normalized spacial score (nSPS) is 22.3. The fraction of sp³-hybridized carbons (Fsp3) is 0.400. The van der Waals surface area contributed by atoms with Gasteiger partial charge in [0.15, 0.2) is 6.23 Å². The number of phosphoric acid groups is 1. The van der Waals surface area contributed by atoms with Gasteiger partial charge in [0, 0.05) is 17.8 Å². The Morgan fingerprint density at radius 1 is 1.48 bits per heavy atom.